The highest BCUT2D eigenvalue weighted by Gasteiger charge is 2.31. The first-order valence-electron chi connectivity index (χ1n) is 7.98. The maximum atomic E-state index is 12.9. The van der Waals surface area contributed by atoms with E-state index in [0.717, 1.165) is 11.2 Å². The molecule has 1 aromatic carbocycles. The summed E-state index contributed by atoms with van der Waals surface area (Å²) in [6, 6.07) is 6.13. The molecule has 0 saturated carbocycles. The molecule has 0 atom stereocenters. The minimum atomic E-state index is -3.69. The number of carbonyl (C=O) groups excluding carboxylic acids is 1. The topological polar surface area (TPSA) is 99.3 Å². The van der Waals surface area contributed by atoms with Crippen molar-refractivity contribution in [2.45, 2.75) is 16.5 Å². The number of hydrogen-bond donors (Lipinski definition) is 1. The zero-order valence-electron chi connectivity index (χ0n) is 13.8. The number of sulfonamides is 1. The van der Waals surface area contributed by atoms with Gasteiger partial charge in [-0.05, 0) is 24.3 Å². The average molecular weight is 399 g/mol. The third-order valence-corrected chi connectivity index (χ3v) is 6.71. The van der Waals surface area contributed by atoms with E-state index in [1.165, 1.54) is 28.2 Å². The van der Waals surface area contributed by atoms with Crippen LogP contribution in [0.5, 0.6) is 0 Å². The highest BCUT2D eigenvalue weighted by molar-refractivity contribution is 7.99. The van der Waals surface area contributed by atoms with Gasteiger partial charge in [-0.2, -0.15) is 9.40 Å². The summed E-state index contributed by atoms with van der Waals surface area (Å²) in [6.45, 7) is 1.13. The maximum Gasteiger partial charge on any atom is 0.278 e. The molecular weight excluding hydrogens is 381 g/mol. The molecule has 0 spiro atoms. The first kappa shape index (κ1) is 18.8. The predicted molar refractivity (Wildman–Crippen MR) is 93.5 cm³/mol. The molecule has 1 N–H and O–H groups in total. The number of aromatic amines is 1. The normalized spacial score (nSPS) is 16.0. The van der Waals surface area contributed by atoms with Crippen LogP contribution in [0.15, 0.2) is 40.6 Å². The highest BCUT2D eigenvalue weighted by Crippen LogP contribution is 2.20. The SMILES string of the molecule is O=C(CCSc1ccc(F)cc1)N1CCN(S(=O)(=O)c2ncn[nH]2)CC1. The van der Waals surface area contributed by atoms with Crippen LogP contribution in [0.3, 0.4) is 0 Å². The number of halogens is 1. The monoisotopic (exact) mass is 399 g/mol. The Balaban J connectivity index is 1.45. The largest absolute Gasteiger partial charge is 0.340 e. The summed E-state index contributed by atoms with van der Waals surface area (Å²) in [5, 5.41) is 5.73. The van der Waals surface area contributed by atoms with Crippen LogP contribution in [-0.2, 0) is 14.8 Å². The van der Waals surface area contributed by atoms with Gasteiger partial charge in [0.05, 0.1) is 0 Å². The number of thioether (sulfide) groups is 1. The van der Waals surface area contributed by atoms with Crippen molar-refractivity contribution < 1.29 is 17.6 Å². The molecule has 0 unspecified atom stereocenters. The number of piperazine rings is 1. The van der Waals surface area contributed by atoms with Crippen LogP contribution in [-0.4, -0.2) is 70.6 Å². The van der Waals surface area contributed by atoms with Gasteiger partial charge in [0.2, 0.25) is 5.91 Å². The molecule has 8 nitrogen and oxygen atoms in total. The van der Waals surface area contributed by atoms with Gasteiger partial charge in [0, 0.05) is 43.2 Å². The molecule has 140 valence electrons. The van der Waals surface area contributed by atoms with Gasteiger partial charge in [-0.1, -0.05) is 0 Å². The molecule has 0 bridgehead atoms. The van der Waals surface area contributed by atoms with Gasteiger partial charge in [-0.15, -0.1) is 11.8 Å². The average Bonchev–Trinajstić information content (AvgIpc) is 3.19. The third kappa shape index (κ3) is 4.40. The van der Waals surface area contributed by atoms with E-state index in [1.54, 1.807) is 17.0 Å². The number of amides is 1. The summed E-state index contributed by atoms with van der Waals surface area (Å²) in [5.41, 5.74) is 0. The van der Waals surface area contributed by atoms with E-state index in [1.807, 2.05) is 0 Å². The van der Waals surface area contributed by atoms with Crippen LogP contribution in [0.25, 0.3) is 0 Å². The molecule has 2 heterocycles. The molecule has 26 heavy (non-hydrogen) atoms. The number of nitrogens with zero attached hydrogens (tertiary/aromatic N) is 4. The van der Waals surface area contributed by atoms with Gasteiger partial charge in [-0.3, -0.25) is 4.79 Å². The Labute approximate surface area is 154 Å². The fraction of sp³-hybridized carbons (Fsp3) is 0.400. The maximum absolute atomic E-state index is 12.9. The minimum absolute atomic E-state index is 0.0173. The lowest BCUT2D eigenvalue weighted by atomic mass is 10.3. The zero-order chi connectivity index (χ0) is 18.6. The highest BCUT2D eigenvalue weighted by atomic mass is 32.2. The summed E-state index contributed by atoms with van der Waals surface area (Å²) in [5.74, 6) is 0.279. The number of rotatable bonds is 6. The predicted octanol–water partition coefficient (Wildman–Crippen LogP) is 0.959. The fourth-order valence-electron chi connectivity index (χ4n) is 2.56. The van der Waals surface area contributed by atoms with Crippen molar-refractivity contribution in [3.8, 4) is 0 Å². The summed E-state index contributed by atoms with van der Waals surface area (Å²) in [7, 11) is -3.69. The summed E-state index contributed by atoms with van der Waals surface area (Å²) in [6.07, 6.45) is 1.49. The first-order chi connectivity index (χ1) is 12.5. The Hall–Kier alpha value is -1.98. The van der Waals surface area contributed by atoms with E-state index >= 15 is 0 Å². The third-order valence-electron chi connectivity index (χ3n) is 3.97. The standard InChI is InChI=1S/C15H18FN5O3S2/c16-12-1-3-13(4-2-12)25-10-5-14(22)20-6-8-21(9-7-20)26(23,24)15-17-11-18-19-15/h1-4,11H,5-10H2,(H,17,18,19). The summed E-state index contributed by atoms with van der Waals surface area (Å²) in [4.78, 5) is 18.5. The zero-order valence-corrected chi connectivity index (χ0v) is 15.5. The number of hydrogen-bond acceptors (Lipinski definition) is 6. The number of benzene rings is 1. The van der Waals surface area contributed by atoms with E-state index in [9.17, 15) is 17.6 Å². The molecule has 1 saturated heterocycles. The van der Waals surface area contributed by atoms with Gasteiger partial charge < -0.3 is 4.90 Å². The smallest absolute Gasteiger partial charge is 0.278 e. The second-order valence-electron chi connectivity index (χ2n) is 5.63. The van der Waals surface area contributed by atoms with Gasteiger partial charge in [0.1, 0.15) is 12.1 Å². The van der Waals surface area contributed by atoms with E-state index < -0.39 is 10.0 Å². The van der Waals surface area contributed by atoms with Crippen LogP contribution in [0, 0.1) is 5.82 Å². The molecule has 1 aliphatic heterocycles. The molecule has 1 aromatic heterocycles. The molecule has 0 aliphatic carbocycles. The van der Waals surface area contributed by atoms with Crippen molar-refractivity contribution in [1.82, 2.24) is 24.4 Å². The molecule has 2 aromatic rings. The van der Waals surface area contributed by atoms with Crippen molar-refractivity contribution in [1.29, 1.82) is 0 Å². The van der Waals surface area contributed by atoms with Crippen LogP contribution < -0.4 is 0 Å². The second kappa shape index (κ2) is 8.14. The van der Waals surface area contributed by atoms with Gasteiger partial charge in [0.25, 0.3) is 15.2 Å². The Morgan fingerprint density at radius 1 is 1.19 bits per heavy atom. The van der Waals surface area contributed by atoms with Crippen molar-refractivity contribution in [3.63, 3.8) is 0 Å². The van der Waals surface area contributed by atoms with Crippen molar-refractivity contribution >= 4 is 27.7 Å². The van der Waals surface area contributed by atoms with Crippen LogP contribution in [0.4, 0.5) is 4.39 Å². The van der Waals surface area contributed by atoms with Crippen molar-refractivity contribution in [2.24, 2.45) is 0 Å². The van der Waals surface area contributed by atoms with Gasteiger partial charge in [0.15, 0.2) is 0 Å². The molecule has 3 rings (SSSR count). The van der Waals surface area contributed by atoms with Crippen LogP contribution in [0.2, 0.25) is 0 Å². The lowest BCUT2D eigenvalue weighted by Gasteiger charge is -2.33. The molecule has 1 aliphatic rings. The van der Waals surface area contributed by atoms with Crippen molar-refractivity contribution in [2.75, 3.05) is 31.9 Å². The Bertz CT molecular complexity index is 835. The first-order valence-corrected chi connectivity index (χ1v) is 10.4. The summed E-state index contributed by atoms with van der Waals surface area (Å²) < 4.78 is 38.8. The van der Waals surface area contributed by atoms with E-state index in [0.29, 0.717) is 25.3 Å². The van der Waals surface area contributed by atoms with E-state index in [4.69, 9.17) is 0 Å². The number of nitrogens with one attached hydrogen (secondary N) is 1. The lowest BCUT2D eigenvalue weighted by molar-refractivity contribution is -0.131. The molecule has 0 radical (unpaired) electrons. The molecule has 1 amide bonds. The van der Waals surface area contributed by atoms with Gasteiger partial charge in [-0.25, -0.2) is 22.9 Å². The van der Waals surface area contributed by atoms with Crippen LogP contribution in [0.1, 0.15) is 6.42 Å². The molecule has 1 fully saturated rings. The van der Waals surface area contributed by atoms with Crippen molar-refractivity contribution in [3.05, 3.63) is 36.4 Å². The number of carbonyl (C=O) groups is 1. The number of H-pyrrole nitrogens is 1. The quantitative estimate of drug-likeness (QED) is 0.727. The Kier molecular flexibility index (Phi) is 5.89. The number of aromatic nitrogens is 3. The minimum Gasteiger partial charge on any atom is -0.340 e. The Morgan fingerprint density at radius 3 is 2.50 bits per heavy atom. The lowest BCUT2D eigenvalue weighted by Crippen LogP contribution is -2.50. The van der Waals surface area contributed by atoms with Gasteiger partial charge >= 0.3 is 0 Å². The Morgan fingerprint density at radius 2 is 1.88 bits per heavy atom. The molecule has 11 heteroatoms. The fourth-order valence-corrected chi connectivity index (χ4v) is 4.64. The van der Waals surface area contributed by atoms with Crippen LogP contribution >= 0.6 is 11.8 Å². The molecular formula is C15H18FN5O3S2. The van der Waals surface area contributed by atoms with E-state index in [-0.39, 0.29) is 30.0 Å². The summed E-state index contributed by atoms with van der Waals surface area (Å²) >= 11 is 1.48. The van der Waals surface area contributed by atoms with E-state index in [2.05, 4.69) is 15.2 Å². The second-order valence-corrected chi connectivity index (χ2v) is 8.65.